The average Bonchev–Trinajstić information content (AvgIpc) is 2.92. The monoisotopic (exact) mass is 277 g/mol. The van der Waals surface area contributed by atoms with Gasteiger partial charge >= 0.3 is 0 Å². The smallest absolute Gasteiger partial charge is 0.123 e. The number of nitrogens with one attached hydrogen (secondary N) is 1. The van der Waals surface area contributed by atoms with Crippen LogP contribution in [0.2, 0.25) is 0 Å². The molecule has 0 bridgehead atoms. The topological polar surface area (TPSA) is 12.0 Å². The van der Waals surface area contributed by atoms with Crippen LogP contribution in [-0.4, -0.2) is 6.54 Å². The summed E-state index contributed by atoms with van der Waals surface area (Å²) in [6.07, 6.45) is 3.35. The van der Waals surface area contributed by atoms with Crippen molar-refractivity contribution in [3.05, 3.63) is 58.0 Å². The van der Waals surface area contributed by atoms with E-state index in [0.717, 1.165) is 25.8 Å². The molecule has 1 heterocycles. The Morgan fingerprint density at radius 3 is 2.63 bits per heavy atom. The molecule has 3 heteroatoms. The first-order chi connectivity index (χ1) is 9.29. The molecule has 0 spiro atoms. The normalized spacial score (nSPS) is 12.5. The van der Waals surface area contributed by atoms with Crippen LogP contribution < -0.4 is 5.32 Å². The summed E-state index contributed by atoms with van der Waals surface area (Å²) in [4.78, 5) is 1.44. The van der Waals surface area contributed by atoms with Gasteiger partial charge < -0.3 is 5.32 Å². The highest BCUT2D eigenvalue weighted by Gasteiger charge is 2.10. The predicted octanol–water partition coefficient (Wildman–Crippen LogP) is 4.56. The highest BCUT2D eigenvalue weighted by Crippen LogP contribution is 2.21. The molecular formula is C16H20FNS. The molecule has 0 aliphatic carbocycles. The van der Waals surface area contributed by atoms with Gasteiger partial charge in [0.25, 0.3) is 0 Å². The molecule has 0 aliphatic heterocycles. The van der Waals surface area contributed by atoms with Gasteiger partial charge in [-0.1, -0.05) is 25.1 Å². The molecule has 0 radical (unpaired) electrons. The summed E-state index contributed by atoms with van der Waals surface area (Å²) in [7, 11) is 0. The molecule has 2 rings (SSSR count). The van der Waals surface area contributed by atoms with Crippen LogP contribution in [-0.2, 0) is 6.42 Å². The van der Waals surface area contributed by atoms with E-state index >= 15 is 0 Å². The number of halogens is 1. The molecule has 102 valence electrons. The van der Waals surface area contributed by atoms with Gasteiger partial charge in [0.1, 0.15) is 5.82 Å². The second-order valence-corrected chi connectivity index (χ2v) is 5.67. The molecule has 0 aliphatic rings. The second-order valence-electron chi connectivity index (χ2n) is 4.63. The van der Waals surface area contributed by atoms with E-state index in [2.05, 4.69) is 29.8 Å². The van der Waals surface area contributed by atoms with Crippen LogP contribution in [0.3, 0.4) is 0 Å². The summed E-state index contributed by atoms with van der Waals surface area (Å²) in [6.45, 7) is 3.04. The van der Waals surface area contributed by atoms with E-state index in [-0.39, 0.29) is 5.82 Å². The average molecular weight is 277 g/mol. The van der Waals surface area contributed by atoms with Crippen molar-refractivity contribution >= 4 is 11.3 Å². The van der Waals surface area contributed by atoms with E-state index in [9.17, 15) is 4.39 Å². The van der Waals surface area contributed by atoms with Crippen LogP contribution in [0.5, 0.6) is 0 Å². The Bertz CT molecular complexity index is 464. The Kier molecular flexibility index (Phi) is 5.55. The lowest BCUT2D eigenvalue weighted by Crippen LogP contribution is -2.21. The van der Waals surface area contributed by atoms with Gasteiger partial charge in [0.05, 0.1) is 0 Å². The van der Waals surface area contributed by atoms with Gasteiger partial charge in [-0.3, -0.25) is 0 Å². The summed E-state index contributed by atoms with van der Waals surface area (Å²) in [5.74, 6) is -0.169. The SMILES string of the molecule is CCNC(CCCc1cccs1)c1ccc(F)cc1. The van der Waals surface area contributed by atoms with Crippen LogP contribution in [0.25, 0.3) is 0 Å². The summed E-state index contributed by atoms with van der Waals surface area (Å²) in [6, 6.07) is 11.5. The molecule has 0 saturated heterocycles. The molecule has 0 fully saturated rings. The molecule has 1 atom stereocenters. The van der Waals surface area contributed by atoms with Gasteiger partial charge in [-0.15, -0.1) is 11.3 Å². The fourth-order valence-electron chi connectivity index (χ4n) is 2.26. The summed E-state index contributed by atoms with van der Waals surface area (Å²) >= 11 is 1.82. The summed E-state index contributed by atoms with van der Waals surface area (Å²) in [5.41, 5.74) is 1.18. The van der Waals surface area contributed by atoms with Crippen molar-refractivity contribution in [3.63, 3.8) is 0 Å². The molecule has 1 aromatic heterocycles. The summed E-state index contributed by atoms with van der Waals surface area (Å²) < 4.78 is 13.0. The largest absolute Gasteiger partial charge is 0.310 e. The Morgan fingerprint density at radius 1 is 1.21 bits per heavy atom. The molecule has 0 amide bonds. The van der Waals surface area contributed by atoms with Crippen molar-refractivity contribution in [3.8, 4) is 0 Å². The number of hydrogen-bond acceptors (Lipinski definition) is 2. The molecule has 1 N–H and O–H groups in total. The third-order valence-corrected chi connectivity index (χ3v) is 4.16. The van der Waals surface area contributed by atoms with Crippen molar-refractivity contribution in [1.29, 1.82) is 0 Å². The number of hydrogen-bond donors (Lipinski definition) is 1. The van der Waals surface area contributed by atoms with Gasteiger partial charge in [0.15, 0.2) is 0 Å². The van der Waals surface area contributed by atoms with Crippen LogP contribution in [0.1, 0.15) is 36.2 Å². The minimum absolute atomic E-state index is 0.169. The van der Waals surface area contributed by atoms with Gasteiger partial charge in [0, 0.05) is 10.9 Å². The predicted molar refractivity (Wildman–Crippen MR) is 80.1 cm³/mol. The van der Waals surface area contributed by atoms with E-state index in [4.69, 9.17) is 0 Å². The molecule has 1 aromatic carbocycles. The van der Waals surface area contributed by atoms with Crippen LogP contribution in [0.4, 0.5) is 4.39 Å². The molecule has 1 nitrogen and oxygen atoms in total. The maximum absolute atomic E-state index is 13.0. The first-order valence-corrected chi connectivity index (χ1v) is 7.68. The van der Waals surface area contributed by atoms with E-state index in [1.54, 1.807) is 12.1 Å². The van der Waals surface area contributed by atoms with E-state index in [1.807, 2.05) is 23.5 Å². The van der Waals surface area contributed by atoms with Gasteiger partial charge in [0.2, 0.25) is 0 Å². The van der Waals surface area contributed by atoms with Crippen molar-refractivity contribution in [2.75, 3.05) is 6.54 Å². The van der Waals surface area contributed by atoms with Gasteiger partial charge in [-0.2, -0.15) is 0 Å². The number of rotatable bonds is 7. The number of aryl methyl sites for hydroxylation is 1. The number of benzene rings is 1. The van der Waals surface area contributed by atoms with Crippen LogP contribution in [0.15, 0.2) is 41.8 Å². The molecular weight excluding hydrogens is 257 g/mol. The minimum atomic E-state index is -0.169. The third kappa shape index (κ3) is 4.44. The Hall–Kier alpha value is -1.19. The fraction of sp³-hybridized carbons (Fsp3) is 0.375. The molecule has 0 saturated carbocycles. The lowest BCUT2D eigenvalue weighted by Gasteiger charge is -2.18. The van der Waals surface area contributed by atoms with Crippen molar-refractivity contribution in [2.45, 2.75) is 32.2 Å². The standard InChI is InChI=1S/C16H20FNS/c1-2-18-16(13-8-10-14(17)11-9-13)7-3-5-15-6-4-12-19-15/h4,6,8-12,16,18H,2-3,5,7H2,1H3. The molecule has 2 aromatic rings. The lowest BCUT2D eigenvalue weighted by atomic mass is 10.0. The van der Waals surface area contributed by atoms with Crippen LogP contribution >= 0.6 is 11.3 Å². The first-order valence-electron chi connectivity index (χ1n) is 6.81. The van der Waals surface area contributed by atoms with E-state index < -0.39 is 0 Å². The zero-order valence-corrected chi connectivity index (χ0v) is 12.0. The lowest BCUT2D eigenvalue weighted by molar-refractivity contribution is 0.498. The Labute approximate surface area is 118 Å². The maximum atomic E-state index is 13.0. The van der Waals surface area contributed by atoms with Crippen molar-refractivity contribution in [2.24, 2.45) is 0 Å². The summed E-state index contributed by atoms with van der Waals surface area (Å²) in [5, 5.41) is 5.60. The zero-order chi connectivity index (χ0) is 13.5. The molecule has 19 heavy (non-hydrogen) atoms. The number of thiophene rings is 1. The minimum Gasteiger partial charge on any atom is -0.310 e. The third-order valence-electron chi connectivity index (χ3n) is 3.22. The quantitative estimate of drug-likeness (QED) is 0.782. The van der Waals surface area contributed by atoms with Gasteiger partial charge in [-0.05, 0) is 54.9 Å². The Morgan fingerprint density at radius 2 is 2.00 bits per heavy atom. The van der Waals surface area contributed by atoms with E-state index in [1.165, 1.54) is 10.4 Å². The Balaban J connectivity index is 1.90. The zero-order valence-electron chi connectivity index (χ0n) is 11.2. The second kappa shape index (κ2) is 7.41. The highest BCUT2D eigenvalue weighted by molar-refractivity contribution is 7.09. The first kappa shape index (κ1) is 14.2. The van der Waals surface area contributed by atoms with Crippen molar-refractivity contribution < 1.29 is 4.39 Å². The van der Waals surface area contributed by atoms with Crippen LogP contribution in [0, 0.1) is 5.82 Å². The fourth-order valence-corrected chi connectivity index (χ4v) is 3.01. The van der Waals surface area contributed by atoms with E-state index in [0.29, 0.717) is 6.04 Å². The highest BCUT2D eigenvalue weighted by atomic mass is 32.1. The molecule has 1 unspecified atom stereocenters. The maximum Gasteiger partial charge on any atom is 0.123 e. The van der Waals surface area contributed by atoms with Gasteiger partial charge in [-0.25, -0.2) is 4.39 Å². The van der Waals surface area contributed by atoms with Crippen molar-refractivity contribution in [1.82, 2.24) is 5.32 Å².